The Morgan fingerprint density at radius 3 is 3.00 bits per heavy atom. The number of rotatable bonds is 2. The van der Waals surface area contributed by atoms with E-state index in [9.17, 15) is 0 Å². The summed E-state index contributed by atoms with van der Waals surface area (Å²) in [6.07, 6.45) is 0. The molecular weight excluding hydrogens is 242 g/mol. The number of anilines is 1. The van der Waals surface area contributed by atoms with Gasteiger partial charge in [0.15, 0.2) is 5.11 Å². The standard InChI is InChI=1S/C9H11N5S2/c1-14(2)12-9(15)10-6-3-4-8-7(5-6)11-13-16-8/h3-5H,1-2H3,(H2,10,12,15). The van der Waals surface area contributed by atoms with Crippen LogP contribution >= 0.6 is 23.8 Å². The summed E-state index contributed by atoms with van der Waals surface area (Å²) in [6.45, 7) is 0. The number of hydrazine groups is 1. The van der Waals surface area contributed by atoms with E-state index in [0.29, 0.717) is 5.11 Å². The van der Waals surface area contributed by atoms with Gasteiger partial charge < -0.3 is 5.32 Å². The van der Waals surface area contributed by atoms with Crippen LogP contribution in [0.2, 0.25) is 0 Å². The molecule has 16 heavy (non-hydrogen) atoms. The molecule has 0 atom stereocenters. The van der Waals surface area contributed by atoms with Crippen molar-refractivity contribution in [1.82, 2.24) is 20.0 Å². The summed E-state index contributed by atoms with van der Waals surface area (Å²) in [5.74, 6) is 0. The molecule has 2 rings (SSSR count). The lowest BCUT2D eigenvalue weighted by atomic mass is 10.3. The molecule has 0 aliphatic heterocycles. The molecule has 0 saturated heterocycles. The third-order valence-electron chi connectivity index (χ3n) is 1.83. The highest BCUT2D eigenvalue weighted by molar-refractivity contribution is 7.80. The number of fused-ring (bicyclic) bond motifs is 1. The van der Waals surface area contributed by atoms with Crippen molar-refractivity contribution < 1.29 is 0 Å². The van der Waals surface area contributed by atoms with Crippen molar-refractivity contribution in [2.45, 2.75) is 0 Å². The second-order valence-corrected chi connectivity index (χ2v) is 4.61. The van der Waals surface area contributed by atoms with E-state index in [0.717, 1.165) is 15.9 Å². The Balaban J connectivity index is 2.11. The lowest BCUT2D eigenvalue weighted by molar-refractivity contribution is 0.365. The number of nitrogens with one attached hydrogen (secondary N) is 2. The Morgan fingerprint density at radius 2 is 2.25 bits per heavy atom. The normalized spacial score (nSPS) is 10.7. The molecule has 0 saturated carbocycles. The van der Waals surface area contributed by atoms with Gasteiger partial charge in [-0.2, -0.15) is 0 Å². The summed E-state index contributed by atoms with van der Waals surface area (Å²) in [5, 5.41) is 9.40. The first-order valence-electron chi connectivity index (χ1n) is 4.62. The molecular formula is C9H11N5S2. The number of aromatic nitrogens is 2. The minimum absolute atomic E-state index is 0.549. The largest absolute Gasteiger partial charge is 0.332 e. The summed E-state index contributed by atoms with van der Waals surface area (Å²) in [5.41, 5.74) is 4.73. The Hall–Kier alpha value is -1.31. The summed E-state index contributed by atoms with van der Waals surface area (Å²) in [4.78, 5) is 0. The maximum Gasteiger partial charge on any atom is 0.185 e. The molecule has 0 aliphatic rings. The van der Waals surface area contributed by atoms with Gasteiger partial charge in [-0.1, -0.05) is 4.49 Å². The molecule has 84 valence electrons. The van der Waals surface area contributed by atoms with Gasteiger partial charge in [-0.15, -0.1) is 5.10 Å². The summed E-state index contributed by atoms with van der Waals surface area (Å²) < 4.78 is 4.94. The zero-order chi connectivity index (χ0) is 11.5. The second kappa shape index (κ2) is 4.69. The van der Waals surface area contributed by atoms with Gasteiger partial charge in [0, 0.05) is 19.8 Å². The van der Waals surface area contributed by atoms with E-state index in [4.69, 9.17) is 12.2 Å². The molecule has 0 unspecified atom stereocenters. The maximum atomic E-state index is 5.12. The number of hydrogen-bond acceptors (Lipinski definition) is 5. The zero-order valence-corrected chi connectivity index (χ0v) is 10.5. The highest BCUT2D eigenvalue weighted by atomic mass is 32.1. The van der Waals surface area contributed by atoms with Gasteiger partial charge in [-0.05, 0) is 41.9 Å². The van der Waals surface area contributed by atoms with Crippen molar-refractivity contribution in [1.29, 1.82) is 0 Å². The van der Waals surface area contributed by atoms with Gasteiger partial charge in [0.25, 0.3) is 0 Å². The van der Waals surface area contributed by atoms with Crippen LogP contribution in [0, 0.1) is 0 Å². The minimum Gasteiger partial charge on any atom is -0.332 e. The van der Waals surface area contributed by atoms with Crippen LogP contribution in [0.5, 0.6) is 0 Å². The fraction of sp³-hybridized carbons (Fsp3) is 0.222. The molecule has 2 aromatic rings. The quantitative estimate of drug-likeness (QED) is 0.624. The van der Waals surface area contributed by atoms with Crippen LogP contribution in [-0.2, 0) is 0 Å². The maximum absolute atomic E-state index is 5.12. The first-order valence-corrected chi connectivity index (χ1v) is 5.80. The lowest BCUT2D eigenvalue weighted by Crippen LogP contribution is -2.38. The van der Waals surface area contributed by atoms with Crippen LogP contribution in [0.25, 0.3) is 10.2 Å². The average Bonchev–Trinajstić information content (AvgIpc) is 2.63. The molecule has 0 fully saturated rings. The zero-order valence-electron chi connectivity index (χ0n) is 8.89. The molecule has 0 bridgehead atoms. The smallest absolute Gasteiger partial charge is 0.185 e. The van der Waals surface area contributed by atoms with E-state index in [-0.39, 0.29) is 0 Å². The van der Waals surface area contributed by atoms with Gasteiger partial charge in [0.1, 0.15) is 5.52 Å². The van der Waals surface area contributed by atoms with Crippen molar-refractivity contribution in [3.63, 3.8) is 0 Å². The molecule has 0 spiro atoms. The van der Waals surface area contributed by atoms with E-state index in [2.05, 4.69) is 20.3 Å². The first kappa shape index (κ1) is 11.2. The van der Waals surface area contributed by atoms with E-state index in [1.807, 2.05) is 32.3 Å². The lowest BCUT2D eigenvalue weighted by Gasteiger charge is -2.15. The van der Waals surface area contributed by atoms with Crippen molar-refractivity contribution in [2.24, 2.45) is 0 Å². The van der Waals surface area contributed by atoms with Crippen LogP contribution in [0.4, 0.5) is 5.69 Å². The van der Waals surface area contributed by atoms with E-state index < -0.39 is 0 Å². The molecule has 0 radical (unpaired) electrons. The van der Waals surface area contributed by atoms with E-state index in [1.54, 1.807) is 5.01 Å². The van der Waals surface area contributed by atoms with Crippen LogP contribution < -0.4 is 10.7 Å². The highest BCUT2D eigenvalue weighted by Gasteiger charge is 2.02. The topological polar surface area (TPSA) is 53.1 Å². The number of hydrogen-bond donors (Lipinski definition) is 2. The van der Waals surface area contributed by atoms with Crippen molar-refractivity contribution in [3.05, 3.63) is 18.2 Å². The van der Waals surface area contributed by atoms with Crippen LogP contribution in [-0.4, -0.2) is 33.8 Å². The summed E-state index contributed by atoms with van der Waals surface area (Å²) in [7, 11) is 3.75. The van der Waals surface area contributed by atoms with Gasteiger partial charge >= 0.3 is 0 Å². The number of thiocarbonyl (C=S) groups is 1. The summed E-state index contributed by atoms with van der Waals surface area (Å²) >= 11 is 6.50. The van der Waals surface area contributed by atoms with Gasteiger partial charge in [-0.3, -0.25) is 5.43 Å². The molecule has 5 nitrogen and oxygen atoms in total. The average molecular weight is 253 g/mol. The molecule has 1 aromatic carbocycles. The fourth-order valence-corrected chi connectivity index (χ4v) is 2.06. The SMILES string of the molecule is CN(C)NC(=S)Nc1ccc2snnc2c1. The van der Waals surface area contributed by atoms with E-state index >= 15 is 0 Å². The van der Waals surface area contributed by atoms with Crippen LogP contribution in [0.15, 0.2) is 18.2 Å². The Labute approximate surface area is 103 Å². The third kappa shape index (κ3) is 2.63. The molecule has 1 heterocycles. The number of nitrogens with zero attached hydrogens (tertiary/aromatic N) is 3. The monoisotopic (exact) mass is 253 g/mol. The Morgan fingerprint density at radius 1 is 1.44 bits per heavy atom. The second-order valence-electron chi connectivity index (χ2n) is 3.42. The molecule has 1 aromatic heterocycles. The van der Waals surface area contributed by atoms with Gasteiger partial charge in [0.05, 0.1) is 4.70 Å². The summed E-state index contributed by atoms with van der Waals surface area (Å²) in [6, 6.07) is 5.84. The van der Waals surface area contributed by atoms with Crippen LogP contribution in [0.3, 0.4) is 0 Å². The van der Waals surface area contributed by atoms with Crippen molar-refractivity contribution in [3.8, 4) is 0 Å². The molecule has 7 heteroatoms. The highest BCUT2D eigenvalue weighted by Crippen LogP contribution is 2.19. The Bertz CT molecular complexity index is 507. The minimum atomic E-state index is 0.549. The van der Waals surface area contributed by atoms with E-state index in [1.165, 1.54) is 11.5 Å². The molecule has 2 N–H and O–H groups in total. The molecule has 0 aliphatic carbocycles. The van der Waals surface area contributed by atoms with Crippen LogP contribution in [0.1, 0.15) is 0 Å². The molecule has 0 amide bonds. The van der Waals surface area contributed by atoms with Crippen molar-refractivity contribution in [2.75, 3.05) is 19.4 Å². The van der Waals surface area contributed by atoms with Crippen molar-refractivity contribution >= 4 is 44.8 Å². The predicted octanol–water partition coefficient (Wildman–Crippen LogP) is 1.45. The fourth-order valence-electron chi connectivity index (χ4n) is 1.22. The number of benzene rings is 1. The van der Waals surface area contributed by atoms with Gasteiger partial charge in [0.2, 0.25) is 0 Å². The first-order chi connectivity index (χ1) is 7.65. The Kier molecular flexibility index (Phi) is 3.28. The van der Waals surface area contributed by atoms with Gasteiger partial charge in [-0.25, -0.2) is 5.01 Å². The third-order valence-corrected chi connectivity index (χ3v) is 2.73. The predicted molar refractivity (Wildman–Crippen MR) is 70.5 cm³/mol.